The molecule has 18 heavy (non-hydrogen) atoms. The van der Waals surface area contributed by atoms with E-state index < -0.39 is 0 Å². The molecule has 0 radical (unpaired) electrons. The molecule has 3 atom stereocenters. The molecule has 4 nitrogen and oxygen atoms in total. The van der Waals surface area contributed by atoms with E-state index >= 15 is 0 Å². The first-order valence-corrected chi connectivity index (χ1v) is 6.81. The van der Waals surface area contributed by atoms with Crippen LogP contribution in [0, 0.1) is 11.8 Å². The lowest BCUT2D eigenvalue weighted by Crippen LogP contribution is -2.65. The Hall–Kier alpha value is -1.32. The summed E-state index contributed by atoms with van der Waals surface area (Å²) >= 11 is 0. The summed E-state index contributed by atoms with van der Waals surface area (Å²) in [6, 6.07) is -0.631. The van der Waals surface area contributed by atoms with Crippen molar-refractivity contribution in [2.24, 2.45) is 11.8 Å². The van der Waals surface area contributed by atoms with Crippen LogP contribution in [0.1, 0.15) is 33.1 Å². The molecule has 3 unspecified atom stereocenters. The molecule has 0 aromatic heterocycles. The number of amides is 2. The van der Waals surface area contributed by atoms with Gasteiger partial charge in [0.2, 0.25) is 11.8 Å². The molecular weight excluding hydrogens is 228 g/mol. The van der Waals surface area contributed by atoms with Crippen LogP contribution in [0.4, 0.5) is 0 Å². The number of nitrogens with zero attached hydrogens (tertiary/aromatic N) is 1. The standard InChI is InChI=1S/C14H22N2O2/c1-4-8-16-12(10-6-7-10)13(17)15-11(14(16)18)9(3)5-2/h4,9-12H,1,5-8H2,2-3H3,(H,15,17). The van der Waals surface area contributed by atoms with E-state index in [0.717, 1.165) is 19.3 Å². The number of rotatable bonds is 5. The summed E-state index contributed by atoms with van der Waals surface area (Å²) in [6.07, 6.45) is 4.69. The molecule has 0 bridgehead atoms. The Labute approximate surface area is 108 Å². The number of hydrogen-bond donors (Lipinski definition) is 1. The average Bonchev–Trinajstić information content (AvgIpc) is 3.17. The van der Waals surface area contributed by atoms with E-state index in [1.165, 1.54) is 0 Å². The van der Waals surface area contributed by atoms with Crippen LogP contribution in [0.3, 0.4) is 0 Å². The highest BCUT2D eigenvalue weighted by molar-refractivity contribution is 5.97. The molecule has 2 amide bonds. The van der Waals surface area contributed by atoms with Gasteiger partial charge in [0, 0.05) is 6.54 Å². The molecule has 2 rings (SSSR count). The summed E-state index contributed by atoms with van der Waals surface area (Å²) in [7, 11) is 0. The fourth-order valence-electron chi connectivity index (χ4n) is 2.60. The number of nitrogens with one attached hydrogen (secondary N) is 1. The van der Waals surface area contributed by atoms with Gasteiger partial charge in [-0.15, -0.1) is 6.58 Å². The second-order valence-electron chi connectivity index (χ2n) is 5.43. The lowest BCUT2D eigenvalue weighted by Gasteiger charge is -2.40. The first kappa shape index (κ1) is 13.1. The minimum absolute atomic E-state index is 0.0178. The summed E-state index contributed by atoms with van der Waals surface area (Å²) in [6.45, 7) is 8.21. The maximum absolute atomic E-state index is 12.5. The minimum Gasteiger partial charge on any atom is -0.342 e. The van der Waals surface area contributed by atoms with Crippen LogP contribution in [0.25, 0.3) is 0 Å². The number of carbonyl (C=O) groups is 2. The summed E-state index contributed by atoms with van der Waals surface area (Å²) in [5.41, 5.74) is 0. The molecule has 1 saturated carbocycles. The summed E-state index contributed by atoms with van der Waals surface area (Å²) < 4.78 is 0. The van der Waals surface area contributed by atoms with Crippen molar-refractivity contribution in [1.82, 2.24) is 10.2 Å². The van der Waals surface area contributed by atoms with Gasteiger partial charge in [0.25, 0.3) is 0 Å². The quantitative estimate of drug-likeness (QED) is 0.748. The normalized spacial score (nSPS) is 30.0. The third kappa shape index (κ3) is 2.28. The molecule has 1 heterocycles. The van der Waals surface area contributed by atoms with E-state index in [0.29, 0.717) is 12.5 Å². The monoisotopic (exact) mass is 250 g/mol. The number of hydrogen-bond acceptors (Lipinski definition) is 2. The van der Waals surface area contributed by atoms with Gasteiger partial charge in [0.05, 0.1) is 0 Å². The first-order valence-electron chi connectivity index (χ1n) is 6.81. The van der Waals surface area contributed by atoms with E-state index in [9.17, 15) is 9.59 Å². The van der Waals surface area contributed by atoms with Gasteiger partial charge in [-0.2, -0.15) is 0 Å². The van der Waals surface area contributed by atoms with Gasteiger partial charge in [0.1, 0.15) is 12.1 Å². The Balaban J connectivity index is 2.20. The van der Waals surface area contributed by atoms with Crippen LogP contribution >= 0.6 is 0 Å². The Bertz CT molecular complexity index is 363. The minimum atomic E-state index is -0.363. The Morgan fingerprint density at radius 1 is 1.50 bits per heavy atom. The van der Waals surface area contributed by atoms with Crippen molar-refractivity contribution >= 4 is 11.8 Å². The Morgan fingerprint density at radius 2 is 2.17 bits per heavy atom. The molecule has 100 valence electrons. The predicted octanol–water partition coefficient (Wildman–Crippen LogP) is 1.32. The second-order valence-corrected chi connectivity index (χ2v) is 5.43. The zero-order chi connectivity index (χ0) is 13.3. The number of carbonyl (C=O) groups excluding carboxylic acids is 2. The largest absolute Gasteiger partial charge is 0.342 e. The molecule has 1 N–H and O–H groups in total. The summed E-state index contributed by atoms with van der Waals surface area (Å²) in [4.78, 5) is 26.4. The van der Waals surface area contributed by atoms with Crippen LogP contribution in [-0.2, 0) is 9.59 Å². The lowest BCUT2D eigenvalue weighted by molar-refractivity contribution is -0.151. The fourth-order valence-corrected chi connectivity index (χ4v) is 2.60. The van der Waals surface area contributed by atoms with Crippen LogP contribution in [0.2, 0.25) is 0 Å². The van der Waals surface area contributed by atoms with E-state index in [1.807, 2.05) is 13.8 Å². The van der Waals surface area contributed by atoms with Crippen molar-refractivity contribution in [3.05, 3.63) is 12.7 Å². The SMILES string of the molecule is C=CCN1C(=O)C(C(C)CC)NC(=O)C1C1CC1. The van der Waals surface area contributed by atoms with Crippen LogP contribution in [-0.4, -0.2) is 35.3 Å². The molecule has 0 aromatic rings. The molecular formula is C14H22N2O2. The van der Waals surface area contributed by atoms with Crippen LogP contribution in [0.5, 0.6) is 0 Å². The topological polar surface area (TPSA) is 49.4 Å². The van der Waals surface area contributed by atoms with Gasteiger partial charge < -0.3 is 10.2 Å². The smallest absolute Gasteiger partial charge is 0.246 e. The summed E-state index contributed by atoms with van der Waals surface area (Å²) in [5.74, 6) is 0.603. The molecule has 2 fully saturated rings. The maximum atomic E-state index is 12.5. The first-order chi connectivity index (χ1) is 8.60. The van der Waals surface area contributed by atoms with Gasteiger partial charge in [0.15, 0.2) is 0 Å². The molecule has 4 heteroatoms. The molecule has 1 aliphatic carbocycles. The highest BCUT2D eigenvalue weighted by Crippen LogP contribution is 2.37. The van der Waals surface area contributed by atoms with Crippen molar-refractivity contribution in [2.75, 3.05) is 6.54 Å². The van der Waals surface area contributed by atoms with E-state index in [4.69, 9.17) is 0 Å². The fraction of sp³-hybridized carbons (Fsp3) is 0.714. The second kappa shape index (κ2) is 5.12. The van der Waals surface area contributed by atoms with Gasteiger partial charge in [-0.05, 0) is 24.7 Å². The van der Waals surface area contributed by atoms with E-state index in [-0.39, 0.29) is 29.8 Å². The van der Waals surface area contributed by atoms with Crippen molar-refractivity contribution < 1.29 is 9.59 Å². The average molecular weight is 250 g/mol. The van der Waals surface area contributed by atoms with Crippen LogP contribution in [0.15, 0.2) is 12.7 Å². The molecule has 2 aliphatic rings. The van der Waals surface area contributed by atoms with Crippen molar-refractivity contribution in [3.63, 3.8) is 0 Å². The van der Waals surface area contributed by atoms with Gasteiger partial charge >= 0.3 is 0 Å². The Morgan fingerprint density at radius 3 is 2.67 bits per heavy atom. The molecule has 1 saturated heterocycles. The third-order valence-corrected chi connectivity index (χ3v) is 4.06. The van der Waals surface area contributed by atoms with Crippen molar-refractivity contribution in [2.45, 2.75) is 45.2 Å². The van der Waals surface area contributed by atoms with Gasteiger partial charge in [-0.1, -0.05) is 26.3 Å². The van der Waals surface area contributed by atoms with Gasteiger partial charge in [-0.25, -0.2) is 0 Å². The summed E-state index contributed by atoms with van der Waals surface area (Å²) in [5, 5.41) is 2.91. The zero-order valence-corrected chi connectivity index (χ0v) is 11.2. The lowest BCUT2D eigenvalue weighted by atomic mass is 9.93. The van der Waals surface area contributed by atoms with Gasteiger partial charge in [-0.3, -0.25) is 9.59 Å². The third-order valence-electron chi connectivity index (χ3n) is 4.06. The zero-order valence-electron chi connectivity index (χ0n) is 11.2. The molecule has 1 aliphatic heterocycles. The van der Waals surface area contributed by atoms with Crippen LogP contribution < -0.4 is 5.32 Å². The highest BCUT2D eigenvalue weighted by atomic mass is 16.2. The predicted molar refractivity (Wildman–Crippen MR) is 69.8 cm³/mol. The Kier molecular flexibility index (Phi) is 3.73. The van der Waals surface area contributed by atoms with Crippen molar-refractivity contribution in [1.29, 1.82) is 0 Å². The number of piperazine rings is 1. The van der Waals surface area contributed by atoms with E-state index in [2.05, 4.69) is 11.9 Å². The van der Waals surface area contributed by atoms with E-state index in [1.54, 1.807) is 11.0 Å². The highest BCUT2D eigenvalue weighted by Gasteiger charge is 2.48. The maximum Gasteiger partial charge on any atom is 0.246 e. The van der Waals surface area contributed by atoms with Crippen molar-refractivity contribution in [3.8, 4) is 0 Å². The molecule has 0 aromatic carbocycles. The molecule has 0 spiro atoms.